The molecule has 84 valence electrons. The molecule has 2 rings (SSSR count). The van der Waals surface area contributed by atoms with E-state index in [0.717, 1.165) is 29.1 Å². The standard InChI is InChI=1S/C11H12N2O.CH2O/c1-3-10-6-11(14-13-10)9-5-4-8(2)12-7-9;1-2/h4-7H,3H2,1-2H3;1H2. The predicted molar refractivity (Wildman–Crippen MR) is 61.0 cm³/mol. The van der Waals surface area contributed by atoms with Crippen molar-refractivity contribution in [2.45, 2.75) is 20.3 Å². The molecule has 16 heavy (non-hydrogen) atoms. The van der Waals surface area contributed by atoms with Crippen LogP contribution in [0, 0.1) is 6.92 Å². The zero-order valence-corrected chi connectivity index (χ0v) is 9.43. The molecule has 0 aliphatic rings. The van der Waals surface area contributed by atoms with Gasteiger partial charge >= 0.3 is 0 Å². The third-order valence-corrected chi connectivity index (χ3v) is 2.12. The normalized spacial score (nSPS) is 9.38. The molecule has 0 aliphatic carbocycles. The van der Waals surface area contributed by atoms with Gasteiger partial charge in [0.1, 0.15) is 6.79 Å². The smallest absolute Gasteiger partial charge is 0.168 e. The molecule has 0 spiro atoms. The minimum Gasteiger partial charge on any atom is -0.356 e. The molecule has 2 heterocycles. The zero-order valence-electron chi connectivity index (χ0n) is 9.43. The molecule has 0 radical (unpaired) electrons. The van der Waals surface area contributed by atoms with E-state index in [1.54, 1.807) is 6.20 Å². The van der Waals surface area contributed by atoms with Crippen molar-refractivity contribution in [2.75, 3.05) is 0 Å². The Morgan fingerprint density at radius 3 is 2.62 bits per heavy atom. The maximum Gasteiger partial charge on any atom is 0.168 e. The van der Waals surface area contributed by atoms with Crippen molar-refractivity contribution in [3.63, 3.8) is 0 Å². The average Bonchev–Trinajstić information content (AvgIpc) is 2.81. The fourth-order valence-electron chi connectivity index (χ4n) is 1.23. The molecule has 2 aromatic heterocycles. The third-order valence-electron chi connectivity index (χ3n) is 2.12. The largest absolute Gasteiger partial charge is 0.356 e. The average molecular weight is 218 g/mol. The summed E-state index contributed by atoms with van der Waals surface area (Å²) in [7, 11) is 0. The first kappa shape index (κ1) is 12.1. The van der Waals surface area contributed by atoms with Gasteiger partial charge in [0.25, 0.3) is 0 Å². The Labute approximate surface area is 94.3 Å². The molecule has 0 fully saturated rings. The lowest BCUT2D eigenvalue weighted by molar-refractivity contribution is -0.0979. The van der Waals surface area contributed by atoms with E-state index in [0.29, 0.717) is 0 Å². The first-order valence-corrected chi connectivity index (χ1v) is 4.97. The van der Waals surface area contributed by atoms with Gasteiger partial charge in [0.05, 0.1) is 5.69 Å². The summed E-state index contributed by atoms with van der Waals surface area (Å²) in [5, 5.41) is 3.93. The van der Waals surface area contributed by atoms with Gasteiger partial charge in [-0.3, -0.25) is 4.98 Å². The summed E-state index contributed by atoms with van der Waals surface area (Å²) in [4.78, 5) is 12.2. The van der Waals surface area contributed by atoms with Crippen LogP contribution in [0.3, 0.4) is 0 Å². The summed E-state index contributed by atoms with van der Waals surface area (Å²) in [5.74, 6) is 0.786. The van der Waals surface area contributed by atoms with E-state index in [1.807, 2.05) is 31.9 Å². The highest BCUT2D eigenvalue weighted by Gasteiger charge is 2.04. The molecule has 4 heteroatoms. The zero-order chi connectivity index (χ0) is 12.0. The Morgan fingerprint density at radius 2 is 2.12 bits per heavy atom. The highest BCUT2D eigenvalue weighted by Crippen LogP contribution is 2.19. The molecular formula is C12H14N2O2. The Hall–Kier alpha value is -1.97. The van der Waals surface area contributed by atoms with Crippen LogP contribution >= 0.6 is 0 Å². The lowest BCUT2D eigenvalue weighted by Crippen LogP contribution is -1.80. The Balaban J connectivity index is 0.000000606. The summed E-state index contributed by atoms with van der Waals surface area (Å²) in [6.07, 6.45) is 2.69. The molecule has 2 aromatic rings. The second-order valence-corrected chi connectivity index (χ2v) is 3.22. The van der Waals surface area contributed by atoms with Crippen molar-refractivity contribution >= 4 is 6.79 Å². The fourth-order valence-corrected chi connectivity index (χ4v) is 1.23. The van der Waals surface area contributed by atoms with Crippen LogP contribution in [0.4, 0.5) is 0 Å². The molecule has 4 nitrogen and oxygen atoms in total. The van der Waals surface area contributed by atoms with E-state index in [1.165, 1.54) is 0 Å². The monoisotopic (exact) mass is 218 g/mol. The van der Waals surface area contributed by atoms with Crippen LogP contribution in [0.5, 0.6) is 0 Å². The number of nitrogens with zero attached hydrogens (tertiary/aromatic N) is 2. The fraction of sp³-hybridized carbons (Fsp3) is 0.250. The lowest BCUT2D eigenvalue weighted by Gasteiger charge is -1.94. The van der Waals surface area contributed by atoms with E-state index in [4.69, 9.17) is 9.32 Å². The summed E-state index contributed by atoms with van der Waals surface area (Å²) in [6, 6.07) is 5.90. The van der Waals surface area contributed by atoms with Gasteiger partial charge in [0, 0.05) is 23.5 Å². The number of rotatable bonds is 2. The van der Waals surface area contributed by atoms with Crippen LogP contribution < -0.4 is 0 Å². The lowest BCUT2D eigenvalue weighted by atomic mass is 10.2. The number of pyridine rings is 1. The molecule has 0 unspecified atom stereocenters. The number of hydrogen-bond donors (Lipinski definition) is 0. The first-order valence-electron chi connectivity index (χ1n) is 4.97. The van der Waals surface area contributed by atoms with E-state index in [2.05, 4.69) is 17.1 Å². The molecule has 0 bridgehead atoms. The molecule has 0 atom stereocenters. The Bertz CT molecular complexity index is 435. The van der Waals surface area contributed by atoms with Crippen molar-refractivity contribution in [3.05, 3.63) is 35.8 Å². The van der Waals surface area contributed by atoms with Crippen molar-refractivity contribution in [1.82, 2.24) is 10.1 Å². The van der Waals surface area contributed by atoms with Gasteiger partial charge in [0.2, 0.25) is 0 Å². The molecule has 0 amide bonds. The topological polar surface area (TPSA) is 56.0 Å². The molecule has 0 saturated heterocycles. The second-order valence-electron chi connectivity index (χ2n) is 3.22. The van der Waals surface area contributed by atoms with Crippen LogP contribution in [-0.2, 0) is 11.2 Å². The Morgan fingerprint density at radius 1 is 1.38 bits per heavy atom. The minimum atomic E-state index is 0.786. The summed E-state index contributed by atoms with van der Waals surface area (Å²) in [5.41, 5.74) is 2.95. The molecule has 0 aliphatic heterocycles. The first-order chi connectivity index (χ1) is 7.79. The van der Waals surface area contributed by atoms with Crippen LogP contribution in [-0.4, -0.2) is 16.9 Å². The van der Waals surface area contributed by atoms with E-state index < -0.39 is 0 Å². The molecule has 0 saturated carbocycles. The van der Waals surface area contributed by atoms with Gasteiger partial charge in [-0.05, 0) is 25.5 Å². The number of carbonyl (C=O) groups is 1. The minimum absolute atomic E-state index is 0.786. The number of aromatic nitrogens is 2. The molecular weight excluding hydrogens is 204 g/mol. The van der Waals surface area contributed by atoms with Gasteiger partial charge < -0.3 is 9.32 Å². The van der Waals surface area contributed by atoms with E-state index in [-0.39, 0.29) is 0 Å². The van der Waals surface area contributed by atoms with Gasteiger partial charge in [-0.15, -0.1) is 0 Å². The van der Waals surface area contributed by atoms with E-state index >= 15 is 0 Å². The maximum absolute atomic E-state index is 8.00. The van der Waals surface area contributed by atoms with Crippen molar-refractivity contribution in [3.8, 4) is 11.3 Å². The highest BCUT2D eigenvalue weighted by atomic mass is 16.5. The van der Waals surface area contributed by atoms with Crippen molar-refractivity contribution < 1.29 is 9.32 Å². The summed E-state index contributed by atoms with van der Waals surface area (Å²) < 4.78 is 5.19. The second kappa shape index (κ2) is 5.80. The van der Waals surface area contributed by atoms with Crippen molar-refractivity contribution in [2.24, 2.45) is 0 Å². The summed E-state index contributed by atoms with van der Waals surface area (Å²) >= 11 is 0. The van der Waals surface area contributed by atoms with Gasteiger partial charge in [-0.25, -0.2) is 0 Å². The number of hydrogen-bond acceptors (Lipinski definition) is 4. The number of carbonyl (C=O) groups excluding carboxylic acids is 1. The van der Waals surface area contributed by atoms with Crippen LogP contribution in [0.25, 0.3) is 11.3 Å². The Kier molecular flexibility index (Phi) is 4.39. The third kappa shape index (κ3) is 2.76. The quantitative estimate of drug-likeness (QED) is 0.776. The molecule has 0 N–H and O–H groups in total. The SMILES string of the molecule is C=O.CCc1cc(-c2ccc(C)nc2)on1. The summed E-state index contributed by atoms with van der Waals surface area (Å²) in [6.45, 7) is 6.01. The van der Waals surface area contributed by atoms with Gasteiger partial charge in [0.15, 0.2) is 5.76 Å². The van der Waals surface area contributed by atoms with E-state index in [9.17, 15) is 0 Å². The number of aryl methyl sites for hydroxylation is 2. The van der Waals surface area contributed by atoms with Gasteiger partial charge in [-0.2, -0.15) is 0 Å². The van der Waals surface area contributed by atoms with Crippen molar-refractivity contribution in [1.29, 1.82) is 0 Å². The molecule has 0 aromatic carbocycles. The van der Waals surface area contributed by atoms with Gasteiger partial charge in [-0.1, -0.05) is 12.1 Å². The maximum atomic E-state index is 8.00. The van der Waals surface area contributed by atoms with Crippen LogP contribution in [0.1, 0.15) is 18.3 Å². The van der Waals surface area contributed by atoms with Crippen LogP contribution in [0.2, 0.25) is 0 Å². The highest BCUT2D eigenvalue weighted by molar-refractivity contribution is 5.55. The van der Waals surface area contributed by atoms with Crippen LogP contribution in [0.15, 0.2) is 28.9 Å². The predicted octanol–water partition coefficient (Wildman–Crippen LogP) is 2.42.